The van der Waals surface area contributed by atoms with E-state index in [1.54, 1.807) is 0 Å². The Labute approximate surface area is 225 Å². The standard InChI is InChI=1S/C25H14F9N3O3S/c26-23(27,28)16-10-15(11-17(12-16)24(29,30)31)21-14(4-3-8-37-7-1-2-9-41(37,39)40)5-6-18(22(21)38)19-13-20(36-35-19)25(32,33)34/h1-2,5-7,9-13,38H,8H2,(H,35,36). The Morgan fingerprint density at radius 3 is 2.05 bits per heavy atom. The molecule has 2 aromatic carbocycles. The molecular formula is C25H14F9N3O3S. The Balaban J connectivity index is 1.93. The molecule has 1 aliphatic heterocycles. The maximum atomic E-state index is 13.5. The Morgan fingerprint density at radius 2 is 1.51 bits per heavy atom. The van der Waals surface area contributed by atoms with Gasteiger partial charge in [-0.2, -0.15) is 44.6 Å². The van der Waals surface area contributed by atoms with Crippen LogP contribution in [0, 0.1) is 11.8 Å². The van der Waals surface area contributed by atoms with Crippen LogP contribution in [0.2, 0.25) is 0 Å². The quantitative estimate of drug-likeness (QED) is 0.262. The first kappa shape index (κ1) is 29.6. The first-order valence-electron chi connectivity index (χ1n) is 11.0. The van der Waals surface area contributed by atoms with E-state index in [1.807, 2.05) is 5.10 Å². The van der Waals surface area contributed by atoms with Gasteiger partial charge in [0, 0.05) is 22.9 Å². The van der Waals surface area contributed by atoms with Gasteiger partial charge < -0.3 is 5.11 Å². The Kier molecular flexibility index (Phi) is 7.37. The molecule has 41 heavy (non-hydrogen) atoms. The van der Waals surface area contributed by atoms with Crippen molar-refractivity contribution in [1.29, 1.82) is 0 Å². The highest BCUT2D eigenvalue weighted by Gasteiger charge is 2.38. The SMILES string of the molecule is O=S1(=O)C=CC=CN1CC#Cc1ccc(-c2cc(C(F)(F)F)n[nH]2)c(O)c1-c1cc(C(F)(F)F)cc(C(F)(F)F)c1. The summed E-state index contributed by atoms with van der Waals surface area (Å²) >= 11 is 0. The molecule has 0 aliphatic carbocycles. The molecule has 0 fully saturated rings. The van der Waals surface area contributed by atoms with Crippen LogP contribution in [0.4, 0.5) is 39.5 Å². The molecule has 0 unspecified atom stereocenters. The predicted molar refractivity (Wildman–Crippen MR) is 127 cm³/mol. The van der Waals surface area contributed by atoms with Crippen molar-refractivity contribution >= 4 is 10.0 Å². The molecule has 0 bridgehead atoms. The van der Waals surface area contributed by atoms with Crippen molar-refractivity contribution < 1.29 is 53.0 Å². The Bertz CT molecular complexity index is 1690. The zero-order valence-electron chi connectivity index (χ0n) is 19.9. The van der Waals surface area contributed by atoms with Crippen molar-refractivity contribution in [3.8, 4) is 40.0 Å². The number of halogens is 9. The number of allylic oxidation sites excluding steroid dienone is 2. The first-order chi connectivity index (χ1) is 18.9. The topological polar surface area (TPSA) is 86.3 Å². The second-order valence-corrected chi connectivity index (χ2v) is 10.2. The third-order valence-electron chi connectivity index (χ3n) is 5.61. The number of nitrogens with one attached hydrogen (secondary N) is 1. The number of nitrogens with zero attached hydrogens (tertiary/aromatic N) is 2. The molecule has 3 aromatic rings. The van der Waals surface area contributed by atoms with Gasteiger partial charge in [-0.25, -0.2) is 8.42 Å². The van der Waals surface area contributed by atoms with E-state index in [-0.39, 0.29) is 11.6 Å². The van der Waals surface area contributed by atoms with E-state index in [1.165, 1.54) is 12.2 Å². The average molecular weight is 607 g/mol. The summed E-state index contributed by atoms with van der Waals surface area (Å²) in [6.45, 7) is -0.489. The lowest BCUT2D eigenvalue weighted by atomic mass is 9.92. The van der Waals surface area contributed by atoms with Crippen LogP contribution in [-0.4, -0.2) is 34.6 Å². The molecule has 6 nitrogen and oxygen atoms in total. The van der Waals surface area contributed by atoms with Crippen LogP contribution >= 0.6 is 0 Å². The van der Waals surface area contributed by atoms with Gasteiger partial charge in [0.2, 0.25) is 0 Å². The molecule has 2 N–H and O–H groups in total. The summed E-state index contributed by atoms with van der Waals surface area (Å²) in [5.41, 5.74) is -7.55. The maximum Gasteiger partial charge on any atom is 0.435 e. The van der Waals surface area contributed by atoms with Gasteiger partial charge in [-0.3, -0.25) is 9.40 Å². The maximum absolute atomic E-state index is 13.5. The molecule has 1 aromatic heterocycles. The molecule has 16 heteroatoms. The fraction of sp³-hybridized carbons (Fsp3) is 0.160. The molecule has 2 heterocycles. The van der Waals surface area contributed by atoms with Crippen molar-refractivity contribution in [3.05, 3.63) is 82.5 Å². The van der Waals surface area contributed by atoms with Crippen molar-refractivity contribution in [2.75, 3.05) is 6.54 Å². The largest absolute Gasteiger partial charge is 0.507 e. The van der Waals surface area contributed by atoms with Gasteiger partial charge in [-0.1, -0.05) is 11.8 Å². The molecule has 0 amide bonds. The molecule has 1 aliphatic rings. The highest BCUT2D eigenvalue weighted by atomic mass is 32.2. The van der Waals surface area contributed by atoms with E-state index < -0.39 is 80.1 Å². The van der Waals surface area contributed by atoms with E-state index in [4.69, 9.17) is 0 Å². The monoisotopic (exact) mass is 607 g/mol. The van der Waals surface area contributed by atoms with Crippen LogP contribution in [0.15, 0.2) is 60.2 Å². The summed E-state index contributed by atoms with van der Waals surface area (Å²) in [4.78, 5) is 0. The number of aromatic hydroxyl groups is 1. The fourth-order valence-electron chi connectivity index (χ4n) is 3.72. The lowest BCUT2D eigenvalue weighted by molar-refractivity contribution is -0.143. The third-order valence-corrected chi connectivity index (χ3v) is 7.02. The van der Waals surface area contributed by atoms with Crippen molar-refractivity contribution in [1.82, 2.24) is 14.5 Å². The van der Waals surface area contributed by atoms with E-state index in [9.17, 15) is 53.0 Å². The number of hydrogen-bond donors (Lipinski definition) is 2. The number of phenols is 1. The Morgan fingerprint density at radius 1 is 0.878 bits per heavy atom. The lowest BCUT2D eigenvalue weighted by Crippen LogP contribution is -2.25. The minimum atomic E-state index is -5.25. The Hall–Kier alpha value is -4.39. The van der Waals surface area contributed by atoms with E-state index >= 15 is 0 Å². The zero-order chi connectivity index (χ0) is 30.4. The van der Waals surface area contributed by atoms with Gasteiger partial charge >= 0.3 is 18.5 Å². The number of sulfonamides is 1. The number of rotatable bonds is 3. The summed E-state index contributed by atoms with van der Waals surface area (Å²) in [6, 6.07) is 3.04. The van der Waals surface area contributed by atoms with E-state index in [0.717, 1.165) is 28.0 Å². The molecule has 0 radical (unpaired) electrons. The van der Waals surface area contributed by atoms with Crippen molar-refractivity contribution in [3.63, 3.8) is 0 Å². The van der Waals surface area contributed by atoms with Gasteiger partial charge in [0.1, 0.15) is 5.75 Å². The normalized spacial score (nSPS) is 15.1. The van der Waals surface area contributed by atoms with Crippen molar-refractivity contribution in [2.24, 2.45) is 0 Å². The second-order valence-electron chi connectivity index (χ2n) is 8.41. The number of alkyl halides is 9. The van der Waals surface area contributed by atoms with E-state index in [0.29, 0.717) is 18.2 Å². The average Bonchev–Trinajstić information content (AvgIpc) is 3.34. The van der Waals surface area contributed by atoms with Gasteiger partial charge in [0.25, 0.3) is 10.0 Å². The summed E-state index contributed by atoms with van der Waals surface area (Å²) in [6.07, 6.45) is -11.6. The number of benzene rings is 2. The third kappa shape index (κ3) is 6.35. The van der Waals surface area contributed by atoms with Gasteiger partial charge in [0.15, 0.2) is 5.69 Å². The van der Waals surface area contributed by atoms with Crippen LogP contribution < -0.4 is 0 Å². The molecular weight excluding hydrogens is 593 g/mol. The minimum Gasteiger partial charge on any atom is -0.507 e. The number of H-pyrrole nitrogens is 1. The zero-order valence-corrected chi connectivity index (χ0v) is 20.8. The molecule has 0 spiro atoms. The highest BCUT2D eigenvalue weighted by molar-refractivity contribution is 7.92. The summed E-state index contributed by atoms with van der Waals surface area (Å²) < 4.78 is 145. The number of aromatic nitrogens is 2. The minimum absolute atomic E-state index is 0.138. The summed E-state index contributed by atoms with van der Waals surface area (Å²) in [7, 11) is -3.88. The van der Waals surface area contributed by atoms with E-state index in [2.05, 4.69) is 16.9 Å². The highest BCUT2D eigenvalue weighted by Crippen LogP contribution is 2.44. The number of aromatic amines is 1. The molecule has 0 saturated carbocycles. The second kappa shape index (κ2) is 10.2. The van der Waals surface area contributed by atoms with Crippen molar-refractivity contribution in [2.45, 2.75) is 18.5 Å². The van der Waals surface area contributed by atoms with Crippen LogP contribution in [0.1, 0.15) is 22.4 Å². The summed E-state index contributed by atoms with van der Waals surface area (Å²) in [5.74, 6) is 3.84. The lowest BCUT2D eigenvalue weighted by Gasteiger charge is -2.18. The molecule has 0 saturated heterocycles. The first-order valence-corrected chi connectivity index (χ1v) is 12.5. The van der Waals surface area contributed by atoms with Crippen LogP contribution in [0.3, 0.4) is 0 Å². The van der Waals surface area contributed by atoms with Crippen LogP contribution in [0.5, 0.6) is 5.75 Å². The fourth-order valence-corrected chi connectivity index (χ4v) is 4.65. The van der Waals surface area contributed by atoms with Crippen LogP contribution in [-0.2, 0) is 28.6 Å². The molecule has 216 valence electrons. The summed E-state index contributed by atoms with van der Waals surface area (Å²) in [5, 5.41) is 17.0. The van der Waals surface area contributed by atoms with Gasteiger partial charge in [0.05, 0.1) is 28.8 Å². The van der Waals surface area contributed by atoms with Crippen LogP contribution in [0.25, 0.3) is 22.4 Å². The smallest absolute Gasteiger partial charge is 0.435 e. The predicted octanol–water partition coefficient (Wildman–Crippen LogP) is 6.53. The van der Waals surface area contributed by atoms with Gasteiger partial charge in [-0.15, -0.1) is 0 Å². The molecule has 4 rings (SSSR count). The molecule has 0 atom stereocenters. The van der Waals surface area contributed by atoms with Gasteiger partial charge in [-0.05, 0) is 54.1 Å². The number of phenolic OH excluding ortho intramolecular Hbond substituents is 1. The number of hydrogen-bond acceptors (Lipinski definition) is 4.